The fraction of sp³-hybridized carbons (Fsp3) is 0.391. The number of nitrogens with one attached hydrogen (secondary N) is 1. The molecule has 180 valence electrons. The minimum Gasteiger partial charge on any atom is -0.493 e. The van der Waals surface area contributed by atoms with Crippen molar-refractivity contribution in [2.24, 2.45) is 0 Å². The molecule has 1 fully saturated rings. The highest BCUT2D eigenvalue weighted by atomic mass is 32.2. The zero-order valence-corrected chi connectivity index (χ0v) is 20.2. The Morgan fingerprint density at radius 2 is 2.03 bits per heavy atom. The quantitative estimate of drug-likeness (QED) is 0.543. The van der Waals surface area contributed by atoms with Gasteiger partial charge < -0.3 is 9.84 Å². The Bertz CT molecular complexity index is 1270. The number of nitrogens with zero attached hydrogens (tertiary/aromatic N) is 3. The van der Waals surface area contributed by atoms with Crippen LogP contribution in [0.2, 0.25) is 0 Å². The highest BCUT2D eigenvalue weighted by molar-refractivity contribution is 7.93. The van der Waals surface area contributed by atoms with Crippen molar-refractivity contribution in [3.8, 4) is 5.75 Å². The number of aliphatic hydroxyl groups is 1. The van der Waals surface area contributed by atoms with Crippen LogP contribution in [0.3, 0.4) is 0 Å². The van der Waals surface area contributed by atoms with Crippen molar-refractivity contribution in [3.63, 3.8) is 0 Å². The summed E-state index contributed by atoms with van der Waals surface area (Å²) in [5.41, 5.74) is 1.02. The summed E-state index contributed by atoms with van der Waals surface area (Å²) in [7, 11) is -3.84. The van der Waals surface area contributed by atoms with Gasteiger partial charge in [-0.2, -0.15) is 4.37 Å². The molecule has 3 atom stereocenters. The summed E-state index contributed by atoms with van der Waals surface area (Å²) in [6.45, 7) is 2.92. The third-order valence-electron chi connectivity index (χ3n) is 6.48. The number of halogens is 1. The predicted molar refractivity (Wildman–Crippen MR) is 126 cm³/mol. The summed E-state index contributed by atoms with van der Waals surface area (Å²) in [4.78, 5) is 6.28. The molecule has 0 saturated carbocycles. The SMILES string of the molecule is C[C@@]1(O)CCN([C@H]2CCOc3cc(S(=O)(=O)Nc4ncns4)ccc32)[C@@H](c2ccc(F)cc2)C1. The van der Waals surface area contributed by atoms with Crippen LogP contribution < -0.4 is 9.46 Å². The minimum absolute atomic E-state index is 0.0252. The van der Waals surface area contributed by atoms with Gasteiger partial charge in [-0.3, -0.25) is 9.62 Å². The van der Waals surface area contributed by atoms with E-state index in [2.05, 4.69) is 19.0 Å². The van der Waals surface area contributed by atoms with Crippen molar-refractivity contribution in [2.75, 3.05) is 17.9 Å². The molecular formula is C23H25FN4O4S2. The lowest BCUT2D eigenvalue weighted by molar-refractivity contribution is -0.0540. The molecule has 2 aromatic carbocycles. The number of benzene rings is 2. The summed E-state index contributed by atoms with van der Waals surface area (Å²) < 4.78 is 51.3. The molecule has 0 radical (unpaired) electrons. The number of rotatable bonds is 5. The molecule has 1 aromatic heterocycles. The highest BCUT2D eigenvalue weighted by Gasteiger charge is 2.40. The lowest BCUT2D eigenvalue weighted by atomic mass is 9.82. The zero-order valence-electron chi connectivity index (χ0n) is 18.5. The molecule has 5 rings (SSSR count). The number of hydrogen-bond donors (Lipinski definition) is 2. The predicted octanol–water partition coefficient (Wildman–Crippen LogP) is 3.89. The maximum Gasteiger partial charge on any atom is 0.263 e. The lowest BCUT2D eigenvalue weighted by Crippen LogP contribution is -2.46. The molecule has 1 saturated heterocycles. The van der Waals surface area contributed by atoms with Crippen molar-refractivity contribution in [1.29, 1.82) is 0 Å². The standard InChI is InChI=1S/C23H25FN4O4S2/c1-23(29)9-10-28(20(13-23)15-2-4-16(24)5-3-15)19-8-11-32-21-12-17(6-7-18(19)21)34(30,31)27-22-25-14-26-33-22/h2-7,12,14,19-20,29H,8-11,13H2,1H3,(H,25,26,27)/t19-,20+,23+/m0/s1. The van der Waals surface area contributed by atoms with Gasteiger partial charge in [-0.1, -0.05) is 18.2 Å². The number of sulfonamides is 1. The molecular weight excluding hydrogens is 479 g/mol. The maximum absolute atomic E-state index is 13.6. The number of ether oxygens (including phenoxy) is 1. The normalized spacial score (nSPS) is 25.4. The van der Waals surface area contributed by atoms with E-state index >= 15 is 0 Å². The van der Waals surface area contributed by atoms with Crippen molar-refractivity contribution in [1.82, 2.24) is 14.3 Å². The Labute approximate surface area is 201 Å². The first-order valence-corrected chi connectivity index (χ1v) is 13.3. The number of fused-ring (bicyclic) bond motifs is 1. The second-order valence-electron chi connectivity index (χ2n) is 8.96. The van der Waals surface area contributed by atoms with Gasteiger partial charge in [0.15, 0.2) is 0 Å². The molecule has 8 nitrogen and oxygen atoms in total. The van der Waals surface area contributed by atoms with E-state index < -0.39 is 15.6 Å². The van der Waals surface area contributed by atoms with Gasteiger partial charge in [0, 0.05) is 48.2 Å². The van der Waals surface area contributed by atoms with Crippen LogP contribution in [0.4, 0.5) is 9.52 Å². The Morgan fingerprint density at radius 1 is 1.24 bits per heavy atom. The first kappa shape index (κ1) is 23.2. The number of hydrogen-bond acceptors (Lipinski definition) is 8. The minimum atomic E-state index is -3.84. The Hall–Kier alpha value is -2.60. The lowest BCUT2D eigenvalue weighted by Gasteiger charge is -2.47. The number of likely N-dealkylation sites (tertiary alicyclic amines) is 1. The van der Waals surface area contributed by atoms with Gasteiger partial charge in [0.2, 0.25) is 5.13 Å². The van der Waals surface area contributed by atoms with Gasteiger partial charge in [-0.25, -0.2) is 17.8 Å². The van der Waals surface area contributed by atoms with E-state index in [1.807, 2.05) is 6.92 Å². The van der Waals surface area contributed by atoms with E-state index in [0.29, 0.717) is 31.7 Å². The smallest absolute Gasteiger partial charge is 0.263 e. The van der Waals surface area contributed by atoms with Crippen molar-refractivity contribution >= 4 is 26.7 Å². The summed E-state index contributed by atoms with van der Waals surface area (Å²) in [6.07, 6.45) is 3.14. The number of piperidine rings is 1. The molecule has 0 amide bonds. The second kappa shape index (κ2) is 8.88. The molecule has 0 spiro atoms. The Morgan fingerprint density at radius 3 is 2.76 bits per heavy atom. The van der Waals surface area contributed by atoms with Crippen molar-refractivity contribution in [3.05, 3.63) is 65.7 Å². The molecule has 2 aliphatic rings. The fourth-order valence-electron chi connectivity index (χ4n) is 4.78. The molecule has 34 heavy (non-hydrogen) atoms. The second-order valence-corrected chi connectivity index (χ2v) is 11.4. The Kier molecular flexibility index (Phi) is 6.05. The molecule has 3 aromatic rings. The van der Waals surface area contributed by atoms with E-state index in [4.69, 9.17) is 4.74 Å². The van der Waals surface area contributed by atoms with Gasteiger partial charge in [0.05, 0.1) is 17.1 Å². The molecule has 2 aliphatic heterocycles. The highest BCUT2D eigenvalue weighted by Crippen LogP contribution is 2.46. The van der Waals surface area contributed by atoms with E-state index in [1.54, 1.807) is 24.3 Å². The number of aromatic nitrogens is 2. The van der Waals surface area contributed by atoms with Crippen LogP contribution >= 0.6 is 11.5 Å². The molecule has 11 heteroatoms. The van der Waals surface area contributed by atoms with Crippen molar-refractivity contribution < 1.29 is 22.7 Å². The summed E-state index contributed by atoms with van der Waals surface area (Å²) >= 11 is 0.958. The van der Waals surface area contributed by atoms with E-state index in [9.17, 15) is 17.9 Å². The van der Waals surface area contributed by atoms with Crippen molar-refractivity contribution in [2.45, 2.75) is 48.8 Å². The van der Waals surface area contributed by atoms with Crippen LogP contribution in [-0.4, -0.2) is 46.5 Å². The van der Waals surface area contributed by atoms with Gasteiger partial charge in [0.25, 0.3) is 10.0 Å². The zero-order chi connectivity index (χ0) is 23.9. The molecule has 3 heterocycles. The van der Waals surface area contributed by atoms with Gasteiger partial charge >= 0.3 is 0 Å². The average molecular weight is 505 g/mol. The first-order chi connectivity index (χ1) is 16.2. The van der Waals surface area contributed by atoms with Gasteiger partial charge in [-0.05, 0) is 43.5 Å². The maximum atomic E-state index is 13.6. The van der Waals surface area contributed by atoms with Crippen LogP contribution in [0, 0.1) is 5.82 Å². The third-order valence-corrected chi connectivity index (χ3v) is 8.53. The van der Waals surface area contributed by atoms with Crippen LogP contribution in [0.1, 0.15) is 49.4 Å². The summed E-state index contributed by atoms with van der Waals surface area (Å²) in [6, 6.07) is 11.2. The van der Waals surface area contributed by atoms with Crippen LogP contribution in [0.5, 0.6) is 5.75 Å². The van der Waals surface area contributed by atoms with E-state index in [-0.39, 0.29) is 27.9 Å². The van der Waals surface area contributed by atoms with Crippen LogP contribution in [-0.2, 0) is 10.0 Å². The van der Waals surface area contributed by atoms with E-state index in [1.165, 1.54) is 24.5 Å². The van der Waals surface area contributed by atoms with Crippen LogP contribution in [0.15, 0.2) is 53.7 Å². The van der Waals surface area contributed by atoms with Gasteiger partial charge in [0.1, 0.15) is 17.9 Å². The summed E-state index contributed by atoms with van der Waals surface area (Å²) in [5.74, 6) is 0.219. The largest absolute Gasteiger partial charge is 0.493 e. The van der Waals surface area contributed by atoms with Gasteiger partial charge in [-0.15, -0.1) is 0 Å². The first-order valence-electron chi connectivity index (χ1n) is 11.0. The molecule has 0 unspecified atom stereocenters. The molecule has 2 N–H and O–H groups in total. The monoisotopic (exact) mass is 504 g/mol. The molecule has 0 bridgehead atoms. The fourth-order valence-corrected chi connectivity index (χ4v) is 6.46. The summed E-state index contributed by atoms with van der Waals surface area (Å²) in [5, 5.41) is 11.0. The topological polar surface area (TPSA) is 105 Å². The van der Waals surface area contributed by atoms with E-state index in [0.717, 1.165) is 29.1 Å². The number of anilines is 1. The third kappa shape index (κ3) is 4.65. The van der Waals surface area contributed by atoms with Crippen LogP contribution in [0.25, 0.3) is 0 Å². The Balaban J connectivity index is 1.46. The average Bonchev–Trinajstić information content (AvgIpc) is 3.31. The molecule has 0 aliphatic carbocycles.